The highest BCUT2D eigenvalue weighted by molar-refractivity contribution is 5.25. The van der Waals surface area contributed by atoms with Gasteiger partial charge in [-0.25, -0.2) is 0 Å². The highest BCUT2D eigenvalue weighted by Gasteiger charge is 2.05. The Morgan fingerprint density at radius 3 is 2.50 bits per heavy atom. The lowest BCUT2D eigenvalue weighted by Gasteiger charge is -2.14. The molecule has 0 saturated carbocycles. The van der Waals surface area contributed by atoms with E-state index >= 15 is 0 Å². The van der Waals surface area contributed by atoms with Gasteiger partial charge in [0.15, 0.2) is 0 Å². The fourth-order valence-corrected chi connectivity index (χ4v) is 1.14. The zero-order chi connectivity index (χ0) is 7.56. The van der Waals surface area contributed by atoms with Gasteiger partial charge < -0.3 is 5.73 Å². The first-order valence-corrected chi connectivity index (χ1v) is 3.82. The van der Waals surface area contributed by atoms with Crippen LogP contribution in [0.3, 0.4) is 0 Å². The maximum absolute atomic E-state index is 5.72. The van der Waals surface area contributed by atoms with Gasteiger partial charge in [-0.2, -0.15) is 0 Å². The highest BCUT2D eigenvalue weighted by Crippen LogP contribution is 2.18. The van der Waals surface area contributed by atoms with Crippen LogP contribution < -0.4 is 5.73 Å². The van der Waals surface area contributed by atoms with Crippen molar-refractivity contribution in [2.75, 3.05) is 0 Å². The van der Waals surface area contributed by atoms with E-state index in [1.807, 2.05) is 6.92 Å². The zero-order valence-corrected chi connectivity index (χ0v) is 6.72. The van der Waals surface area contributed by atoms with Gasteiger partial charge >= 0.3 is 0 Å². The van der Waals surface area contributed by atoms with Crippen molar-refractivity contribution in [2.45, 2.75) is 32.7 Å². The Morgan fingerprint density at radius 2 is 2.10 bits per heavy atom. The minimum absolute atomic E-state index is 0.240. The number of allylic oxidation sites excluding steroid dienone is 3. The number of hydrogen-bond donors (Lipinski definition) is 1. The van der Waals surface area contributed by atoms with Crippen LogP contribution in [-0.2, 0) is 0 Å². The predicted molar refractivity (Wildman–Crippen MR) is 44.7 cm³/mol. The lowest BCUT2D eigenvalue weighted by molar-refractivity contribution is 0.766. The van der Waals surface area contributed by atoms with Crippen molar-refractivity contribution in [1.82, 2.24) is 0 Å². The van der Waals surface area contributed by atoms with Gasteiger partial charge in [-0.05, 0) is 26.7 Å². The number of rotatable bonds is 1. The van der Waals surface area contributed by atoms with E-state index in [4.69, 9.17) is 5.73 Å². The third-order valence-electron chi connectivity index (χ3n) is 1.97. The third-order valence-corrected chi connectivity index (χ3v) is 1.97. The van der Waals surface area contributed by atoms with E-state index in [1.165, 1.54) is 17.6 Å². The van der Waals surface area contributed by atoms with E-state index in [2.05, 4.69) is 19.1 Å². The van der Waals surface area contributed by atoms with Crippen LogP contribution in [-0.4, -0.2) is 6.04 Å². The van der Waals surface area contributed by atoms with Gasteiger partial charge in [0, 0.05) is 6.04 Å². The van der Waals surface area contributed by atoms with E-state index in [1.54, 1.807) is 0 Å². The average Bonchev–Trinajstić information content (AvgIpc) is 1.88. The molecule has 10 heavy (non-hydrogen) atoms. The Labute approximate surface area is 62.6 Å². The SMILES string of the molecule is CC1=CC=C(C(C)N)CC1. The van der Waals surface area contributed by atoms with Crippen LogP contribution in [0.15, 0.2) is 23.3 Å². The fraction of sp³-hybridized carbons (Fsp3) is 0.556. The summed E-state index contributed by atoms with van der Waals surface area (Å²) in [5, 5.41) is 0. The summed E-state index contributed by atoms with van der Waals surface area (Å²) < 4.78 is 0. The van der Waals surface area contributed by atoms with Gasteiger partial charge in [-0.1, -0.05) is 23.3 Å². The summed E-state index contributed by atoms with van der Waals surface area (Å²) in [6.45, 7) is 4.20. The van der Waals surface area contributed by atoms with Crippen LogP contribution in [0.5, 0.6) is 0 Å². The second kappa shape index (κ2) is 3.02. The van der Waals surface area contributed by atoms with Crippen molar-refractivity contribution in [2.24, 2.45) is 5.73 Å². The van der Waals surface area contributed by atoms with Crippen molar-refractivity contribution >= 4 is 0 Å². The first-order valence-electron chi connectivity index (χ1n) is 3.82. The monoisotopic (exact) mass is 137 g/mol. The van der Waals surface area contributed by atoms with Crippen LogP contribution >= 0.6 is 0 Å². The molecule has 0 bridgehead atoms. The molecule has 0 fully saturated rings. The molecule has 0 saturated heterocycles. The van der Waals surface area contributed by atoms with Crippen molar-refractivity contribution in [3.63, 3.8) is 0 Å². The maximum atomic E-state index is 5.72. The zero-order valence-electron chi connectivity index (χ0n) is 6.72. The van der Waals surface area contributed by atoms with Crippen LogP contribution in [0.25, 0.3) is 0 Å². The molecule has 1 heteroatoms. The van der Waals surface area contributed by atoms with Crippen molar-refractivity contribution in [3.05, 3.63) is 23.3 Å². The Morgan fingerprint density at radius 1 is 1.40 bits per heavy atom. The second-order valence-electron chi connectivity index (χ2n) is 3.04. The summed E-state index contributed by atoms with van der Waals surface area (Å²) in [5.41, 5.74) is 8.56. The molecule has 0 heterocycles. The van der Waals surface area contributed by atoms with Crippen molar-refractivity contribution in [3.8, 4) is 0 Å². The summed E-state index contributed by atoms with van der Waals surface area (Å²) in [7, 11) is 0. The van der Waals surface area contributed by atoms with E-state index < -0.39 is 0 Å². The van der Waals surface area contributed by atoms with Crippen LogP contribution in [0.2, 0.25) is 0 Å². The molecule has 1 aliphatic rings. The average molecular weight is 137 g/mol. The van der Waals surface area contributed by atoms with Crippen LogP contribution in [0, 0.1) is 0 Å². The first-order chi connectivity index (χ1) is 4.70. The predicted octanol–water partition coefficient (Wildman–Crippen LogP) is 2.00. The molecule has 0 aromatic rings. The summed E-state index contributed by atoms with van der Waals surface area (Å²) in [5.74, 6) is 0. The lowest BCUT2D eigenvalue weighted by Crippen LogP contribution is -2.18. The molecule has 1 atom stereocenters. The maximum Gasteiger partial charge on any atom is 0.0228 e. The highest BCUT2D eigenvalue weighted by atomic mass is 14.6. The molecule has 0 aromatic heterocycles. The van der Waals surface area contributed by atoms with Gasteiger partial charge in [0.1, 0.15) is 0 Å². The third kappa shape index (κ3) is 1.71. The molecule has 0 radical (unpaired) electrons. The van der Waals surface area contributed by atoms with Gasteiger partial charge in [-0.15, -0.1) is 0 Å². The Hall–Kier alpha value is -0.560. The molecule has 2 N–H and O–H groups in total. The minimum atomic E-state index is 0.240. The van der Waals surface area contributed by atoms with E-state index in [0.717, 1.165) is 6.42 Å². The molecular formula is C9H15N. The summed E-state index contributed by atoms with van der Waals surface area (Å²) in [6.07, 6.45) is 6.67. The number of nitrogens with two attached hydrogens (primary N) is 1. The smallest absolute Gasteiger partial charge is 0.0228 e. The summed E-state index contributed by atoms with van der Waals surface area (Å²) >= 11 is 0. The second-order valence-corrected chi connectivity index (χ2v) is 3.04. The van der Waals surface area contributed by atoms with E-state index in [0.29, 0.717) is 0 Å². The molecule has 1 unspecified atom stereocenters. The summed E-state index contributed by atoms with van der Waals surface area (Å²) in [6, 6.07) is 0.240. The minimum Gasteiger partial charge on any atom is -0.324 e. The van der Waals surface area contributed by atoms with Gasteiger partial charge in [0.2, 0.25) is 0 Å². The number of hydrogen-bond acceptors (Lipinski definition) is 1. The molecule has 0 aromatic carbocycles. The quantitative estimate of drug-likeness (QED) is 0.587. The molecular weight excluding hydrogens is 122 g/mol. The van der Waals surface area contributed by atoms with Gasteiger partial charge in [-0.3, -0.25) is 0 Å². The molecule has 1 aliphatic carbocycles. The topological polar surface area (TPSA) is 26.0 Å². The van der Waals surface area contributed by atoms with Gasteiger partial charge in [0.05, 0.1) is 0 Å². The first kappa shape index (κ1) is 7.55. The van der Waals surface area contributed by atoms with E-state index in [-0.39, 0.29) is 6.04 Å². The van der Waals surface area contributed by atoms with Crippen molar-refractivity contribution in [1.29, 1.82) is 0 Å². The molecule has 1 nitrogen and oxygen atoms in total. The van der Waals surface area contributed by atoms with Gasteiger partial charge in [0.25, 0.3) is 0 Å². The molecule has 56 valence electrons. The molecule has 0 amide bonds. The summed E-state index contributed by atoms with van der Waals surface area (Å²) in [4.78, 5) is 0. The lowest BCUT2D eigenvalue weighted by atomic mass is 9.95. The molecule has 1 rings (SSSR count). The Bertz CT molecular complexity index is 175. The Kier molecular flexibility index (Phi) is 2.28. The van der Waals surface area contributed by atoms with E-state index in [9.17, 15) is 0 Å². The van der Waals surface area contributed by atoms with Crippen molar-refractivity contribution < 1.29 is 0 Å². The molecule has 0 spiro atoms. The van der Waals surface area contributed by atoms with Crippen LogP contribution in [0.1, 0.15) is 26.7 Å². The molecule has 0 aliphatic heterocycles. The normalized spacial score (nSPS) is 21.5. The van der Waals surface area contributed by atoms with Crippen LogP contribution in [0.4, 0.5) is 0 Å². The Balaban J connectivity index is 2.64. The largest absolute Gasteiger partial charge is 0.324 e. The fourth-order valence-electron chi connectivity index (χ4n) is 1.14. The standard InChI is InChI=1S/C9H15N/c1-7-3-5-9(6-4-7)8(2)10/h3,5,8H,4,6,10H2,1-2H3.